The highest BCUT2D eigenvalue weighted by Gasteiger charge is 2.23. The van der Waals surface area contributed by atoms with E-state index in [1.165, 1.54) is 23.5 Å². The van der Waals surface area contributed by atoms with Crippen molar-refractivity contribution < 1.29 is 9.47 Å². The summed E-state index contributed by atoms with van der Waals surface area (Å²) in [6.07, 6.45) is 3.46. The third kappa shape index (κ3) is 8.43. The van der Waals surface area contributed by atoms with Gasteiger partial charge in [-0.2, -0.15) is 39.1 Å². The molecule has 0 saturated heterocycles. The summed E-state index contributed by atoms with van der Waals surface area (Å²) in [5.74, 6) is 4.33. The molecule has 0 N–H and O–H groups in total. The standard InChI is InChI=1S/C46H34Cl2N12O2S2/c1-29-39-27-49-59-41(31-13-17-33(47)18-14-31)51-53-45(59)63-25-26-64-46-54-52-42(32-15-19-34(48)20-16-32)60(46)50-28-40-30(2)56-58(36-11-7-4-8-12-36)44(40)62-38-23-21-37(22-24-38)61-43(39)57(55-29)35-9-5-3-6-10-35/h3-24,27-28H,25-26H2,1-2H3/b49-27+,50-28+. The highest BCUT2D eigenvalue weighted by Crippen LogP contribution is 2.35. The van der Waals surface area contributed by atoms with Gasteiger partial charge in [-0.15, -0.1) is 20.4 Å². The van der Waals surface area contributed by atoms with Gasteiger partial charge in [-0.25, -0.2) is 0 Å². The molecule has 9 aromatic rings. The number of rotatable bonds is 4. The first-order chi connectivity index (χ1) is 31.4. The lowest BCUT2D eigenvalue weighted by molar-refractivity contribution is 0.432. The van der Waals surface area contributed by atoms with Crippen LogP contribution in [0.5, 0.6) is 23.3 Å². The molecule has 6 heterocycles. The first-order valence-electron chi connectivity index (χ1n) is 19.9. The Bertz CT molecular complexity index is 2940. The van der Waals surface area contributed by atoms with E-state index in [-0.39, 0.29) is 0 Å². The summed E-state index contributed by atoms with van der Waals surface area (Å²) in [4.78, 5) is 0. The topological polar surface area (TPSA) is 140 Å². The number of hydrogen-bond acceptors (Lipinski definition) is 12. The van der Waals surface area contributed by atoms with Crippen LogP contribution in [0.4, 0.5) is 0 Å². The minimum Gasteiger partial charge on any atom is -0.438 e. The highest BCUT2D eigenvalue weighted by atomic mass is 35.5. The molecular weight excluding hydrogens is 888 g/mol. The average Bonchev–Trinajstić information content (AvgIpc) is 4.08. The van der Waals surface area contributed by atoms with Crippen LogP contribution in [0.1, 0.15) is 22.5 Å². The Morgan fingerprint density at radius 2 is 0.875 bits per heavy atom. The smallest absolute Gasteiger partial charge is 0.231 e. The van der Waals surface area contributed by atoms with Crippen molar-refractivity contribution in [2.24, 2.45) is 10.2 Å². The molecule has 4 aromatic heterocycles. The molecule has 0 aliphatic carbocycles. The summed E-state index contributed by atoms with van der Waals surface area (Å²) < 4.78 is 20.4. The van der Waals surface area contributed by atoms with Gasteiger partial charge in [-0.3, -0.25) is 0 Å². The molecule has 64 heavy (non-hydrogen) atoms. The largest absolute Gasteiger partial charge is 0.438 e. The molecule has 11 rings (SSSR count). The van der Waals surface area contributed by atoms with Crippen LogP contribution in [0.25, 0.3) is 34.2 Å². The van der Waals surface area contributed by atoms with Gasteiger partial charge >= 0.3 is 0 Å². The number of aryl methyl sites for hydroxylation is 2. The van der Waals surface area contributed by atoms with Gasteiger partial charge in [0, 0.05) is 32.7 Å². The Labute approximate surface area is 385 Å². The fourth-order valence-corrected chi connectivity index (χ4v) is 8.78. The van der Waals surface area contributed by atoms with E-state index in [4.69, 9.17) is 53.1 Å². The molecule has 0 radical (unpaired) electrons. The number of benzene rings is 5. The Kier molecular flexibility index (Phi) is 11.6. The van der Waals surface area contributed by atoms with Gasteiger partial charge in [0.2, 0.25) is 22.1 Å². The third-order valence-corrected chi connectivity index (χ3v) is 12.6. The van der Waals surface area contributed by atoms with Crippen molar-refractivity contribution in [3.05, 3.63) is 166 Å². The number of nitrogens with zero attached hydrogens (tertiary/aromatic N) is 12. The van der Waals surface area contributed by atoms with E-state index in [2.05, 4.69) is 20.4 Å². The maximum atomic E-state index is 6.71. The monoisotopic (exact) mass is 920 g/mol. The lowest BCUT2D eigenvalue weighted by Crippen LogP contribution is -2.02. The normalized spacial score (nSPS) is 13.9. The molecular formula is C46H34Cl2N12O2S2. The molecule has 2 aliphatic rings. The molecule has 2 aliphatic heterocycles. The Balaban J connectivity index is 1.11. The van der Waals surface area contributed by atoms with Crippen LogP contribution in [0.3, 0.4) is 0 Å². The van der Waals surface area contributed by atoms with E-state index in [0.717, 1.165) is 22.5 Å². The van der Waals surface area contributed by atoms with E-state index in [1.54, 1.807) is 31.1 Å². The molecule has 14 nitrogen and oxygen atoms in total. The van der Waals surface area contributed by atoms with Crippen LogP contribution in [0.15, 0.2) is 154 Å². The molecule has 0 amide bonds. The second kappa shape index (κ2) is 18.0. The maximum absolute atomic E-state index is 6.71. The Hall–Kier alpha value is -6.98. The molecule has 0 spiro atoms. The molecule has 5 aromatic carbocycles. The van der Waals surface area contributed by atoms with Crippen LogP contribution in [-0.2, 0) is 0 Å². The summed E-state index contributed by atoms with van der Waals surface area (Å²) in [5.41, 5.74) is 5.94. The number of halogens is 2. The molecule has 0 atom stereocenters. The second-order valence-electron chi connectivity index (χ2n) is 14.2. The highest BCUT2D eigenvalue weighted by molar-refractivity contribution is 8.02. The number of aromatic nitrogens is 10. The molecule has 2 bridgehead atoms. The minimum atomic E-state index is 0.466. The summed E-state index contributed by atoms with van der Waals surface area (Å²) in [6, 6.07) is 41.8. The quantitative estimate of drug-likeness (QED) is 0.167. The van der Waals surface area contributed by atoms with Crippen molar-refractivity contribution in [2.75, 3.05) is 11.5 Å². The van der Waals surface area contributed by atoms with Gasteiger partial charge in [0.05, 0.1) is 46.3 Å². The fraction of sp³-hybridized carbons (Fsp3) is 0.0870. The van der Waals surface area contributed by atoms with Crippen molar-refractivity contribution in [2.45, 2.75) is 24.2 Å². The summed E-state index contributed by atoms with van der Waals surface area (Å²) >= 11 is 15.6. The molecule has 0 unspecified atom stereocenters. The lowest BCUT2D eigenvalue weighted by atomic mass is 10.2. The Morgan fingerprint density at radius 3 is 1.27 bits per heavy atom. The fourth-order valence-electron chi connectivity index (χ4n) is 6.79. The van der Waals surface area contributed by atoms with Gasteiger partial charge in [-0.05, 0) is 111 Å². The van der Waals surface area contributed by atoms with E-state index in [9.17, 15) is 0 Å². The van der Waals surface area contributed by atoms with E-state index in [1.807, 2.05) is 147 Å². The Morgan fingerprint density at radius 1 is 0.484 bits per heavy atom. The minimum absolute atomic E-state index is 0.466. The van der Waals surface area contributed by atoms with Gasteiger partial charge in [0.25, 0.3) is 0 Å². The van der Waals surface area contributed by atoms with Crippen molar-refractivity contribution >= 4 is 59.2 Å². The van der Waals surface area contributed by atoms with Crippen LogP contribution < -0.4 is 9.47 Å². The predicted octanol–water partition coefficient (Wildman–Crippen LogP) is 11.0. The number of thioether (sulfide) groups is 2. The number of hydrogen-bond donors (Lipinski definition) is 0. The summed E-state index contributed by atoms with van der Waals surface area (Å²) in [7, 11) is 0. The average molecular weight is 922 g/mol. The maximum Gasteiger partial charge on any atom is 0.231 e. The number of fused-ring (bicyclic) bond motifs is 5. The van der Waals surface area contributed by atoms with Crippen LogP contribution in [0, 0.1) is 13.8 Å². The molecule has 0 saturated carbocycles. The predicted molar refractivity (Wildman–Crippen MR) is 252 cm³/mol. The third-order valence-electron chi connectivity index (χ3n) is 9.96. The van der Waals surface area contributed by atoms with Crippen LogP contribution >= 0.6 is 46.7 Å². The van der Waals surface area contributed by atoms with E-state index < -0.39 is 0 Å². The van der Waals surface area contributed by atoms with Crippen LogP contribution in [0.2, 0.25) is 10.0 Å². The van der Waals surface area contributed by atoms with Gasteiger partial charge < -0.3 is 9.47 Å². The first kappa shape index (κ1) is 41.1. The van der Waals surface area contributed by atoms with Crippen molar-refractivity contribution in [1.82, 2.24) is 49.3 Å². The SMILES string of the molecule is Cc1nn(-c2ccccc2)c2c1/C=N/n1c(nnc1-c1ccc(Cl)cc1)SCCSc1nnc(-c3ccc(Cl)cc3)n1/N=C/c1c(C)nn(-c3ccccc3)c1Oc1ccc(cc1)O2. The number of ether oxygens (including phenoxy) is 2. The molecule has 0 fully saturated rings. The van der Waals surface area contributed by atoms with Gasteiger partial charge in [0.15, 0.2) is 11.6 Å². The lowest BCUT2D eigenvalue weighted by Gasteiger charge is -2.13. The molecule has 18 heteroatoms. The zero-order chi connectivity index (χ0) is 43.6. The summed E-state index contributed by atoms with van der Waals surface area (Å²) in [6.45, 7) is 3.84. The summed E-state index contributed by atoms with van der Waals surface area (Å²) in [5, 5.41) is 40.6. The van der Waals surface area contributed by atoms with E-state index >= 15 is 0 Å². The van der Waals surface area contributed by atoms with Crippen LogP contribution in [-0.4, -0.2) is 73.2 Å². The van der Waals surface area contributed by atoms with Gasteiger partial charge in [0.1, 0.15) is 11.5 Å². The van der Waals surface area contributed by atoms with Crippen molar-refractivity contribution in [3.8, 4) is 57.4 Å². The van der Waals surface area contributed by atoms with E-state index in [0.29, 0.717) is 89.3 Å². The van der Waals surface area contributed by atoms with Crippen molar-refractivity contribution in [1.29, 1.82) is 0 Å². The second-order valence-corrected chi connectivity index (χ2v) is 17.2. The van der Waals surface area contributed by atoms with Gasteiger partial charge in [-0.1, -0.05) is 83.1 Å². The van der Waals surface area contributed by atoms with Crippen molar-refractivity contribution in [3.63, 3.8) is 0 Å². The number of para-hydroxylation sites is 2. The first-order valence-corrected chi connectivity index (χ1v) is 22.6. The molecule has 316 valence electrons. The zero-order valence-corrected chi connectivity index (χ0v) is 37.2. The zero-order valence-electron chi connectivity index (χ0n) is 34.0.